The second-order valence-electron chi connectivity index (χ2n) is 7.19. The van der Waals surface area contributed by atoms with E-state index in [-0.39, 0.29) is 23.5 Å². The van der Waals surface area contributed by atoms with Crippen LogP contribution in [-0.4, -0.2) is 72.4 Å². The third kappa shape index (κ3) is 5.81. The Morgan fingerprint density at radius 3 is 2.65 bits per heavy atom. The first-order valence-electron chi connectivity index (χ1n) is 10.0. The minimum absolute atomic E-state index is 0.0399. The zero-order valence-corrected chi connectivity index (χ0v) is 20.1. The summed E-state index contributed by atoms with van der Waals surface area (Å²) in [4.78, 5) is 40.5. The Balaban J connectivity index is 1.79. The van der Waals surface area contributed by atoms with Gasteiger partial charge in [-0.1, -0.05) is 0 Å². The number of carbonyl (C=O) groups excluding carboxylic acids is 3. The molecule has 3 rings (SSSR count). The van der Waals surface area contributed by atoms with Gasteiger partial charge >= 0.3 is 0 Å². The number of hydrogen-bond acceptors (Lipinski definition) is 7. The van der Waals surface area contributed by atoms with Gasteiger partial charge < -0.3 is 19.1 Å². The summed E-state index contributed by atoms with van der Waals surface area (Å²) in [5.74, 6) is 0.383. The molecule has 0 spiro atoms. The highest BCUT2D eigenvalue weighted by molar-refractivity contribution is 9.10. The molecule has 31 heavy (non-hydrogen) atoms. The fourth-order valence-electron chi connectivity index (χ4n) is 3.12. The van der Waals surface area contributed by atoms with Crippen LogP contribution in [-0.2, 0) is 14.3 Å². The van der Waals surface area contributed by atoms with Gasteiger partial charge in [-0.25, -0.2) is 0 Å². The van der Waals surface area contributed by atoms with E-state index in [1.165, 1.54) is 0 Å². The fourth-order valence-corrected chi connectivity index (χ4v) is 4.51. The minimum atomic E-state index is -0.479. The smallest absolute Gasteiger partial charge is 0.294 e. The number of rotatable bonds is 7. The number of halogens is 1. The van der Waals surface area contributed by atoms with Crippen molar-refractivity contribution in [2.45, 2.75) is 26.9 Å². The molecule has 0 radical (unpaired) electrons. The number of imide groups is 1. The van der Waals surface area contributed by atoms with E-state index < -0.39 is 11.1 Å². The summed E-state index contributed by atoms with van der Waals surface area (Å²) in [6.45, 7) is 7.74. The summed E-state index contributed by atoms with van der Waals surface area (Å²) in [5, 5.41) is -0.457. The number of morpholine rings is 1. The van der Waals surface area contributed by atoms with Crippen molar-refractivity contribution in [3.63, 3.8) is 0 Å². The van der Waals surface area contributed by atoms with E-state index >= 15 is 0 Å². The molecule has 0 N–H and O–H groups in total. The maximum absolute atomic E-state index is 12.8. The molecule has 0 aliphatic carbocycles. The molecule has 168 valence electrons. The van der Waals surface area contributed by atoms with Crippen LogP contribution in [0, 0.1) is 0 Å². The van der Waals surface area contributed by atoms with Crippen molar-refractivity contribution in [1.82, 2.24) is 9.80 Å². The third-order valence-corrected chi connectivity index (χ3v) is 6.01. The summed E-state index contributed by atoms with van der Waals surface area (Å²) in [7, 11) is 0. The number of hydrogen-bond donors (Lipinski definition) is 0. The fraction of sp³-hybridized carbons (Fsp3) is 0.476. The lowest BCUT2D eigenvalue weighted by atomic mass is 10.1. The molecule has 0 atom stereocenters. The Morgan fingerprint density at radius 2 is 2.00 bits per heavy atom. The van der Waals surface area contributed by atoms with Gasteiger partial charge in [0.1, 0.15) is 6.54 Å². The Hall–Kier alpha value is -2.04. The Bertz CT molecular complexity index is 898. The number of amides is 3. The molecule has 2 heterocycles. The highest BCUT2D eigenvalue weighted by atomic mass is 79.9. The largest absolute Gasteiger partial charge is 0.490 e. The number of ether oxygens (including phenoxy) is 3. The van der Waals surface area contributed by atoms with Crippen molar-refractivity contribution in [1.29, 1.82) is 0 Å². The predicted octanol–water partition coefficient (Wildman–Crippen LogP) is 3.53. The lowest BCUT2D eigenvalue weighted by molar-refractivity contribution is -0.139. The zero-order valence-electron chi connectivity index (χ0n) is 17.7. The molecule has 8 nitrogen and oxygen atoms in total. The molecule has 0 unspecified atom stereocenters. The summed E-state index contributed by atoms with van der Waals surface area (Å²) in [5.41, 5.74) is 0.677. The number of benzene rings is 1. The van der Waals surface area contributed by atoms with Crippen LogP contribution in [0.3, 0.4) is 0 Å². The van der Waals surface area contributed by atoms with E-state index in [4.69, 9.17) is 14.2 Å². The van der Waals surface area contributed by atoms with Gasteiger partial charge in [-0.15, -0.1) is 0 Å². The predicted molar refractivity (Wildman–Crippen MR) is 121 cm³/mol. The van der Waals surface area contributed by atoms with Crippen molar-refractivity contribution < 1.29 is 28.6 Å². The molecule has 2 aliphatic heterocycles. The summed E-state index contributed by atoms with van der Waals surface area (Å²) < 4.78 is 17.4. The molecule has 3 amide bonds. The van der Waals surface area contributed by atoms with Crippen LogP contribution >= 0.6 is 27.7 Å². The van der Waals surface area contributed by atoms with E-state index in [1.54, 1.807) is 23.1 Å². The molecule has 0 bridgehead atoms. The molecule has 2 saturated heterocycles. The van der Waals surface area contributed by atoms with E-state index in [2.05, 4.69) is 15.9 Å². The quantitative estimate of drug-likeness (QED) is 0.516. The first-order chi connectivity index (χ1) is 14.8. The number of carbonyl (C=O) groups is 3. The third-order valence-electron chi connectivity index (χ3n) is 4.51. The molecule has 2 fully saturated rings. The highest BCUT2D eigenvalue weighted by Crippen LogP contribution is 2.39. The van der Waals surface area contributed by atoms with Crippen LogP contribution in [0.25, 0.3) is 6.08 Å². The molecule has 1 aromatic rings. The highest BCUT2D eigenvalue weighted by Gasteiger charge is 2.37. The maximum atomic E-state index is 12.8. The van der Waals surface area contributed by atoms with Crippen molar-refractivity contribution in [2.24, 2.45) is 0 Å². The molecular weight excluding hydrogens is 488 g/mol. The van der Waals surface area contributed by atoms with Gasteiger partial charge in [0.05, 0.1) is 35.3 Å². The van der Waals surface area contributed by atoms with Crippen LogP contribution in [0.5, 0.6) is 11.5 Å². The Morgan fingerprint density at radius 1 is 1.29 bits per heavy atom. The first kappa shape index (κ1) is 23.6. The molecular formula is C21H25BrN2O6S. The zero-order chi connectivity index (χ0) is 22.5. The van der Waals surface area contributed by atoms with E-state index in [0.717, 1.165) is 16.7 Å². The van der Waals surface area contributed by atoms with Gasteiger partial charge in [-0.2, -0.15) is 0 Å². The van der Waals surface area contributed by atoms with E-state index in [9.17, 15) is 14.4 Å². The molecule has 2 aliphatic rings. The minimum Gasteiger partial charge on any atom is -0.490 e. The van der Waals surface area contributed by atoms with Crippen molar-refractivity contribution in [2.75, 3.05) is 39.5 Å². The molecule has 10 heteroatoms. The summed E-state index contributed by atoms with van der Waals surface area (Å²) in [6.07, 6.45) is 1.58. The van der Waals surface area contributed by atoms with E-state index in [0.29, 0.717) is 54.4 Å². The van der Waals surface area contributed by atoms with Gasteiger partial charge in [0, 0.05) is 13.1 Å². The second-order valence-corrected chi connectivity index (χ2v) is 9.04. The first-order valence-corrected chi connectivity index (χ1v) is 11.6. The van der Waals surface area contributed by atoms with Crippen molar-refractivity contribution in [3.8, 4) is 11.5 Å². The second kappa shape index (κ2) is 10.5. The van der Waals surface area contributed by atoms with Gasteiger partial charge in [0.25, 0.3) is 11.1 Å². The molecule has 1 aromatic carbocycles. The Kier molecular flexibility index (Phi) is 8.01. The van der Waals surface area contributed by atoms with Crippen LogP contribution in [0.4, 0.5) is 4.79 Å². The number of thioether (sulfide) groups is 1. The SMILES string of the molecule is CCOc1cc(/C=C2/SC(=O)N(CC(=O)N3CCOCC3)C2=O)cc(Br)c1OC(C)C. The van der Waals surface area contributed by atoms with Gasteiger partial charge in [-0.3, -0.25) is 19.3 Å². The molecule has 0 saturated carbocycles. The van der Waals surface area contributed by atoms with Crippen LogP contribution in [0.1, 0.15) is 26.3 Å². The van der Waals surface area contributed by atoms with Gasteiger partial charge in [-0.05, 0) is 72.2 Å². The molecule has 0 aromatic heterocycles. The lowest BCUT2D eigenvalue weighted by Crippen LogP contribution is -2.46. The topological polar surface area (TPSA) is 85.4 Å². The van der Waals surface area contributed by atoms with Crippen molar-refractivity contribution >= 4 is 50.8 Å². The monoisotopic (exact) mass is 512 g/mol. The van der Waals surface area contributed by atoms with Crippen LogP contribution in [0.15, 0.2) is 21.5 Å². The summed E-state index contributed by atoms with van der Waals surface area (Å²) in [6, 6.07) is 3.56. The summed E-state index contributed by atoms with van der Waals surface area (Å²) >= 11 is 4.32. The average Bonchev–Trinajstić information content (AvgIpc) is 2.98. The van der Waals surface area contributed by atoms with Crippen molar-refractivity contribution in [3.05, 3.63) is 27.1 Å². The van der Waals surface area contributed by atoms with Gasteiger partial charge in [0.15, 0.2) is 11.5 Å². The van der Waals surface area contributed by atoms with E-state index in [1.807, 2.05) is 20.8 Å². The maximum Gasteiger partial charge on any atom is 0.294 e. The normalized spacial score (nSPS) is 18.3. The van der Waals surface area contributed by atoms with Gasteiger partial charge in [0.2, 0.25) is 5.91 Å². The average molecular weight is 513 g/mol. The standard InChI is InChI=1S/C21H25BrN2O6S/c1-4-29-16-10-14(9-15(22)19(16)30-13(2)3)11-17-20(26)24(21(27)31-17)12-18(25)23-5-7-28-8-6-23/h9-11,13H,4-8,12H2,1-3H3/b17-11+. The number of nitrogens with zero attached hydrogens (tertiary/aromatic N) is 2. The Labute approximate surface area is 194 Å². The van der Waals surface area contributed by atoms with Crippen LogP contribution < -0.4 is 9.47 Å². The van der Waals surface area contributed by atoms with Crippen LogP contribution in [0.2, 0.25) is 0 Å². The lowest BCUT2D eigenvalue weighted by Gasteiger charge is -2.28.